The molecule has 1 fully saturated rings. The number of rotatable bonds is 2. The van der Waals surface area contributed by atoms with E-state index in [0.717, 1.165) is 0 Å². The lowest BCUT2D eigenvalue weighted by atomic mass is 10.1. The highest BCUT2D eigenvalue weighted by Crippen LogP contribution is 2.25. The highest BCUT2D eigenvalue weighted by atomic mass is 16.7. The van der Waals surface area contributed by atoms with Gasteiger partial charge in [0.05, 0.1) is 13.2 Å². The molecule has 1 heterocycles. The van der Waals surface area contributed by atoms with E-state index < -0.39 is 11.9 Å². The Morgan fingerprint density at radius 1 is 1.45 bits per heavy atom. The predicted molar refractivity (Wildman–Crippen MR) is 38.2 cm³/mol. The van der Waals surface area contributed by atoms with Gasteiger partial charge in [-0.3, -0.25) is 0 Å². The molecule has 0 bridgehead atoms. The second kappa shape index (κ2) is 3.49. The summed E-state index contributed by atoms with van der Waals surface area (Å²) in [5.74, 6) is -0.849. The zero-order valence-corrected chi connectivity index (χ0v) is 6.87. The molecule has 4 nitrogen and oxygen atoms in total. The maximum Gasteiger partial charge on any atom is 0.198 e. The molecule has 1 atom stereocenters. The second-order valence-corrected chi connectivity index (χ2v) is 2.56. The molecule has 66 valence electrons. The first-order valence-electron chi connectivity index (χ1n) is 3.61. The van der Waals surface area contributed by atoms with Crippen LogP contribution in [0.1, 0.15) is 6.42 Å². The van der Waals surface area contributed by atoms with Crippen LogP contribution >= 0.6 is 0 Å². The predicted octanol–water partition coefficient (Wildman–Crippen LogP) is -0.243. The molecular formula is C7H14O4. The van der Waals surface area contributed by atoms with Crippen LogP contribution in [0.2, 0.25) is 0 Å². The van der Waals surface area contributed by atoms with E-state index >= 15 is 0 Å². The average Bonchev–Trinajstić information content (AvgIpc) is 2.06. The summed E-state index contributed by atoms with van der Waals surface area (Å²) in [6.45, 7) is 0.848. The highest BCUT2D eigenvalue weighted by molar-refractivity contribution is 4.81. The van der Waals surface area contributed by atoms with Crippen LogP contribution in [0.15, 0.2) is 0 Å². The highest BCUT2D eigenvalue weighted by Gasteiger charge is 2.41. The van der Waals surface area contributed by atoms with Gasteiger partial charge in [0.15, 0.2) is 5.79 Å². The van der Waals surface area contributed by atoms with Gasteiger partial charge in [-0.05, 0) is 0 Å². The number of ether oxygens (including phenoxy) is 3. The molecule has 0 saturated carbocycles. The van der Waals surface area contributed by atoms with Gasteiger partial charge in [-0.2, -0.15) is 0 Å². The number of aliphatic hydroxyl groups is 1. The molecule has 1 aliphatic rings. The largest absolute Gasteiger partial charge is 0.385 e. The molecule has 0 aliphatic carbocycles. The Kier molecular flexibility index (Phi) is 2.84. The first-order chi connectivity index (χ1) is 5.25. The second-order valence-electron chi connectivity index (χ2n) is 2.56. The Morgan fingerprint density at radius 3 is 2.45 bits per heavy atom. The summed E-state index contributed by atoms with van der Waals surface area (Å²) in [6, 6.07) is 0. The van der Waals surface area contributed by atoms with Crippen molar-refractivity contribution in [2.45, 2.75) is 18.3 Å². The minimum atomic E-state index is -0.849. The fourth-order valence-electron chi connectivity index (χ4n) is 1.26. The Labute approximate surface area is 66.1 Å². The van der Waals surface area contributed by atoms with Gasteiger partial charge in [-0.25, -0.2) is 0 Å². The fourth-order valence-corrected chi connectivity index (χ4v) is 1.26. The lowest BCUT2D eigenvalue weighted by Crippen LogP contribution is -2.52. The SMILES string of the molecule is COC1(OC)CCOC[C@H]1O. The van der Waals surface area contributed by atoms with E-state index in [1.165, 1.54) is 14.2 Å². The molecule has 0 amide bonds. The van der Waals surface area contributed by atoms with E-state index in [0.29, 0.717) is 13.0 Å². The van der Waals surface area contributed by atoms with Crippen LogP contribution in [-0.4, -0.2) is 44.4 Å². The third kappa shape index (κ3) is 1.54. The third-order valence-electron chi connectivity index (χ3n) is 2.07. The first-order valence-corrected chi connectivity index (χ1v) is 3.61. The standard InChI is InChI=1S/C7H14O4/c1-9-7(10-2)3-4-11-5-6(7)8/h6,8H,3-5H2,1-2H3/t6-/m1/s1. The smallest absolute Gasteiger partial charge is 0.198 e. The van der Waals surface area contributed by atoms with Gasteiger partial charge in [-0.15, -0.1) is 0 Å². The normalized spacial score (nSPS) is 30.3. The van der Waals surface area contributed by atoms with Crippen molar-refractivity contribution in [2.24, 2.45) is 0 Å². The van der Waals surface area contributed by atoms with Gasteiger partial charge in [0, 0.05) is 20.6 Å². The van der Waals surface area contributed by atoms with Crippen LogP contribution in [0.3, 0.4) is 0 Å². The number of hydrogen-bond donors (Lipinski definition) is 1. The number of hydrogen-bond acceptors (Lipinski definition) is 4. The van der Waals surface area contributed by atoms with Crippen molar-refractivity contribution in [3.63, 3.8) is 0 Å². The Balaban J connectivity index is 2.61. The van der Waals surface area contributed by atoms with Crippen molar-refractivity contribution in [1.29, 1.82) is 0 Å². The molecule has 0 aromatic heterocycles. The molecule has 0 radical (unpaired) electrons. The van der Waals surface area contributed by atoms with E-state index in [2.05, 4.69) is 0 Å². The zero-order valence-electron chi connectivity index (χ0n) is 6.87. The molecule has 4 heteroatoms. The lowest BCUT2D eigenvalue weighted by molar-refractivity contribution is -0.292. The van der Waals surface area contributed by atoms with Gasteiger partial charge in [-0.1, -0.05) is 0 Å². The van der Waals surface area contributed by atoms with Crippen molar-refractivity contribution in [3.8, 4) is 0 Å². The summed E-state index contributed by atoms with van der Waals surface area (Å²) >= 11 is 0. The lowest BCUT2D eigenvalue weighted by Gasteiger charge is -2.38. The molecule has 0 aromatic rings. The first kappa shape index (κ1) is 8.93. The summed E-state index contributed by atoms with van der Waals surface area (Å²) in [5, 5.41) is 9.44. The molecule has 1 rings (SSSR count). The monoisotopic (exact) mass is 162 g/mol. The van der Waals surface area contributed by atoms with E-state index in [4.69, 9.17) is 14.2 Å². The maximum atomic E-state index is 9.44. The van der Waals surface area contributed by atoms with Crippen LogP contribution in [-0.2, 0) is 14.2 Å². The fraction of sp³-hybridized carbons (Fsp3) is 1.00. The average molecular weight is 162 g/mol. The molecule has 1 saturated heterocycles. The summed E-state index contributed by atoms with van der Waals surface area (Å²) in [4.78, 5) is 0. The van der Waals surface area contributed by atoms with Gasteiger partial charge >= 0.3 is 0 Å². The van der Waals surface area contributed by atoms with Gasteiger partial charge in [0.1, 0.15) is 6.10 Å². The van der Waals surface area contributed by atoms with E-state index in [9.17, 15) is 5.11 Å². The van der Waals surface area contributed by atoms with Gasteiger partial charge < -0.3 is 19.3 Å². The van der Waals surface area contributed by atoms with E-state index in [-0.39, 0.29) is 6.61 Å². The molecule has 0 aromatic carbocycles. The van der Waals surface area contributed by atoms with Crippen molar-refractivity contribution >= 4 is 0 Å². The minimum Gasteiger partial charge on any atom is -0.385 e. The number of aliphatic hydroxyl groups excluding tert-OH is 1. The van der Waals surface area contributed by atoms with E-state index in [1.54, 1.807) is 0 Å². The molecule has 11 heavy (non-hydrogen) atoms. The van der Waals surface area contributed by atoms with Crippen LogP contribution in [0, 0.1) is 0 Å². The molecular weight excluding hydrogens is 148 g/mol. The van der Waals surface area contributed by atoms with Crippen LogP contribution in [0.5, 0.6) is 0 Å². The number of methoxy groups -OCH3 is 2. The summed E-state index contributed by atoms with van der Waals surface area (Å²) in [6.07, 6.45) is -0.118. The van der Waals surface area contributed by atoms with Crippen molar-refractivity contribution in [2.75, 3.05) is 27.4 Å². The summed E-state index contributed by atoms with van der Waals surface area (Å²) in [7, 11) is 3.05. The van der Waals surface area contributed by atoms with Crippen molar-refractivity contribution in [1.82, 2.24) is 0 Å². The third-order valence-corrected chi connectivity index (χ3v) is 2.07. The topological polar surface area (TPSA) is 47.9 Å². The molecule has 0 spiro atoms. The van der Waals surface area contributed by atoms with Gasteiger partial charge in [0.25, 0.3) is 0 Å². The zero-order chi connectivity index (χ0) is 8.32. The Morgan fingerprint density at radius 2 is 2.09 bits per heavy atom. The van der Waals surface area contributed by atoms with Crippen molar-refractivity contribution < 1.29 is 19.3 Å². The van der Waals surface area contributed by atoms with Crippen LogP contribution < -0.4 is 0 Å². The van der Waals surface area contributed by atoms with Gasteiger partial charge in [0.2, 0.25) is 0 Å². The van der Waals surface area contributed by atoms with Crippen LogP contribution in [0.25, 0.3) is 0 Å². The van der Waals surface area contributed by atoms with Crippen LogP contribution in [0.4, 0.5) is 0 Å². The Hall–Kier alpha value is -0.160. The van der Waals surface area contributed by atoms with E-state index in [1.807, 2.05) is 0 Å². The minimum absolute atomic E-state index is 0.279. The quantitative estimate of drug-likeness (QED) is 0.569. The summed E-state index contributed by atoms with van der Waals surface area (Å²) < 4.78 is 15.2. The molecule has 1 N–H and O–H groups in total. The summed E-state index contributed by atoms with van der Waals surface area (Å²) in [5.41, 5.74) is 0. The molecule has 1 aliphatic heterocycles. The Bertz CT molecular complexity index is 122. The van der Waals surface area contributed by atoms with Crippen molar-refractivity contribution in [3.05, 3.63) is 0 Å². The maximum absolute atomic E-state index is 9.44. The molecule has 0 unspecified atom stereocenters.